The highest BCUT2D eigenvalue weighted by Gasteiger charge is 2.35. The van der Waals surface area contributed by atoms with E-state index in [1.54, 1.807) is 10.9 Å². The average molecular weight is 265 g/mol. The van der Waals surface area contributed by atoms with Gasteiger partial charge in [-0.1, -0.05) is 18.1 Å². The van der Waals surface area contributed by atoms with Crippen molar-refractivity contribution in [1.29, 1.82) is 0 Å². The van der Waals surface area contributed by atoms with Crippen molar-refractivity contribution in [2.45, 2.75) is 37.3 Å². The molecule has 0 aromatic carbocycles. The maximum atomic E-state index is 12.2. The standard InChI is InChI=1S/C12H19N5O2/c18-8-12(3-1-2-4-12)14-11(19)10-7-17(16-15-10)9-5-13-6-9/h7,9,13,18H,1-6,8H2,(H,14,19). The van der Waals surface area contributed by atoms with E-state index < -0.39 is 5.54 Å². The van der Waals surface area contributed by atoms with E-state index in [4.69, 9.17) is 0 Å². The second-order valence-corrected chi connectivity index (χ2v) is 5.50. The van der Waals surface area contributed by atoms with Crippen LogP contribution in [0.25, 0.3) is 0 Å². The first kappa shape index (κ1) is 12.6. The van der Waals surface area contributed by atoms with E-state index in [2.05, 4.69) is 20.9 Å². The Labute approximate surface area is 111 Å². The zero-order valence-corrected chi connectivity index (χ0v) is 10.8. The van der Waals surface area contributed by atoms with Crippen LogP contribution in [0.2, 0.25) is 0 Å². The molecule has 1 aromatic heterocycles. The summed E-state index contributed by atoms with van der Waals surface area (Å²) in [4.78, 5) is 12.2. The van der Waals surface area contributed by atoms with Gasteiger partial charge in [-0.3, -0.25) is 4.79 Å². The largest absolute Gasteiger partial charge is 0.394 e. The molecule has 1 aliphatic carbocycles. The summed E-state index contributed by atoms with van der Waals surface area (Å²) in [7, 11) is 0. The van der Waals surface area contributed by atoms with Gasteiger partial charge in [0.2, 0.25) is 0 Å². The minimum absolute atomic E-state index is 0.0145. The van der Waals surface area contributed by atoms with Gasteiger partial charge < -0.3 is 15.7 Å². The van der Waals surface area contributed by atoms with E-state index in [1.807, 2.05) is 0 Å². The maximum absolute atomic E-state index is 12.2. The monoisotopic (exact) mass is 265 g/mol. The second kappa shape index (κ2) is 4.90. The lowest BCUT2D eigenvalue weighted by Gasteiger charge is -2.27. The van der Waals surface area contributed by atoms with Crippen LogP contribution in [0, 0.1) is 0 Å². The van der Waals surface area contributed by atoms with Gasteiger partial charge >= 0.3 is 0 Å². The molecule has 1 aliphatic heterocycles. The van der Waals surface area contributed by atoms with Crippen molar-refractivity contribution in [3.63, 3.8) is 0 Å². The fourth-order valence-electron chi connectivity index (χ4n) is 2.70. The molecule has 0 radical (unpaired) electrons. The van der Waals surface area contributed by atoms with Gasteiger partial charge in [0, 0.05) is 13.1 Å². The predicted molar refractivity (Wildman–Crippen MR) is 67.7 cm³/mol. The van der Waals surface area contributed by atoms with Crippen LogP contribution in [0.15, 0.2) is 6.20 Å². The maximum Gasteiger partial charge on any atom is 0.273 e. The molecule has 1 saturated heterocycles. The number of amides is 1. The van der Waals surface area contributed by atoms with Gasteiger partial charge in [0.25, 0.3) is 5.91 Å². The molecule has 0 spiro atoms. The Bertz CT molecular complexity index is 462. The van der Waals surface area contributed by atoms with Crippen LogP contribution in [-0.2, 0) is 0 Å². The Balaban J connectivity index is 1.67. The molecule has 19 heavy (non-hydrogen) atoms. The number of nitrogens with zero attached hydrogens (tertiary/aromatic N) is 3. The number of aliphatic hydroxyl groups excluding tert-OH is 1. The number of hydrogen-bond donors (Lipinski definition) is 3. The molecule has 7 heteroatoms. The number of nitrogens with one attached hydrogen (secondary N) is 2. The molecule has 2 aliphatic rings. The zero-order valence-electron chi connectivity index (χ0n) is 10.8. The summed E-state index contributed by atoms with van der Waals surface area (Å²) in [6.45, 7) is 1.72. The number of aliphatic hydroxyl groups is 1. The van der Waals surface area contributed by atoms with Crippen LogP contribution in [0.4, 0.5) is 0 Å². The molecular weight excluding hydrogens is 246 g/mol. The van der Waals surface area contributed by atoms with Crippen molar-refractivity contribution in [3.8, 4) is 0 Å². The molecule has 0 unspecified atom stereocenters. The summed E-state index contributed by atoms with van der Waals surface area (Å²) in [5.74, 6) is -0.241. The molecule has 2 heterocycles. The van der Waals surface area contributed by atoms with Gasteiger partial charge in [0.05, 0.1) is 24.4 Å². The summed E-state index contributed by atoms with van der Waals surface area (Å²) >= 11 is 0. The van der Waals surface area contributed by atoms with Crippen molar-refractivity contribution < 1.29 is 9.90 Å². The molecule has 0 atom stereocenters. The molecule has 3 rings (SSSR count). The zero-order chi connectivity index (χ0) is 13.3. The van der Waals surface area contributed by atoms with Gasteiger partial charge in [-0.05, 0) is 12.8 Å². The highest BCUT2D eigenvalue weighted by Crippen LogP contribution is 2.29. The SMILES string of the molecule is O=C(NC1(CO)CCCC1)c1cn(C2CNC2)nn1. The van der Waals surface area contributed by atoms with Crippen LogP contribution in [-0.4, -0.2) is 51.2 Å². The van der Waals surface area contributed by atoms with Crippen molar-refractivity contribution in [2.75, 3.05) is 19.7 Å². The molecule has 2 fully saturated rings. The normalized spacial score (nSPS) is 22.2. The number of carbonyl (C=O) groups is 1. The quantitative estimate of drug-likeness (QED) is 0.680. The van der Waals surface area contributed by atoms with Crippen molar-refractivity contribution >= 4 is 5.91 Å². The van der Waals surface area contributed by atoms with Crippen LogP contribution in [0.5, 0.6) is 0 Å². The predicted octanol–water partition coefficient (Wildman–Crippen LogP) is -0.543. The third kappa shape index (κ3) is 2.35. The fraction of sp³-hybridized carbons (Fsp3) is 0.750. The van der Waals surface area contributed by atoms with E-state index in [0.29, 0.717) is 11.7 Å². The topological polar surface area (TPSA) is 92.1 Å². The van der Waals surface area contributed by atoms with Crippen LogP contribution in [0.3, 0.4) is 0 Å². The van der Waals surface area contributed by atoms with Crippen LogP contribution < -0.4 is 10.6 Å². The molecule has 3 N–H and O–H groups in total. The van der Waals surface area contributed by atoms with E-state index in [-0.39, 0.29) is 12.5 Å². The molecular formula is C12H19N5O2. The van der Waals surface area contributed by atoms with E-state index in [1.165, 1.54) is 0 Å². The van der Waals surface area contributed by atoms with Gasteiger partial charge in [0.15, 0.2) is 5.69 Å². The summed E-state index contributed by atoms with van der Waals surface area (Å²) in [5.41, 5.74) is -0.134. The van der Waals surface area contributed by atoms with Crippen molar-refractivity contribution in [2.24, 2.45) is 0 Å². The van der Waals surface area contributed by atoms with E-state index in [0.717, 1.165) is 38.8 Å². The van der Waals surface area contributed by atoms with Gasteiger partial charge in [-0.15, -0.1) is 5.10 Å². The molecule has 1 aromatic rings. The average Bonchev–Trinajstić information content (AvgIpc) is 2.97. The first-order valence-electron chi connectivity index (χ1n) is 6.78. The van der Waals surface area contributed by atoms with Crippen molar-refractivity contribution in [3.05, 3.63) is 11.9 Å². The van der Waals surface area contributed by atoms with E-state index in [9.17, 15) is 9.90 Å². The minimum atomic E-state index is -0.459. The third-order valence-electron chi connectivity index (χ3n) is 4.12. The first-order chi connectivity index (χ1) is 9.22. The summed E-state index contributed by atoms with van der Waals surface area (Å²) in [6, 6.07) is 0.298. The summed E-state index contributed by atoms with van der Waals surface area (Å²) in [6.07, 6.45) is 5.43. The number of carbonyl (C=O) groups excluding carboxylic acids is 1. The Morgan fingerprint density at radius 1 is 1.53 bits per heavy atom. The van der Waals surface area contributed by atoms with E-state index >= 15 is 0 Å². The fourth-order valence-corrected chi connectivity index (χ4v) is 2.70. The lowest BCUT2D eigenvalue weighted by Crippen LogP contribution is -2.49. The van der Waals surface area contributed by atoms with Gasteiger partial charge in [-0.25, -0.2) is 4.68 Å². The summed E-state index contributed by atoms with van der Waals surface area (Å²) < 4.78 is 1.73. The minimum Gasteiger partial charge on any atom is -0.394 e. The van der Waals surface area contributed by atoms with Gasteiger partial charge in [0.1, 0.15) is 0 Å². The van der Waals surface area contributed by atoms with Crippen molar-refractivity contribution in [1.82, 2.24) is 25.6 Å². The lowest BCUT2D eigenvalue weighted by atomic mass is 9.99. The lowest BCUT2D eigenvalue weighted by molar-refractivity contribution is 0.0833. The molecule has 7 nitrogen and oxygen atoms in total. The third-order valence-corrected chi connectivity index (χ3v) is 4.12. The van der Waals surface area contributed by atoms with Gasteiger partial charge in [-0.2, -0.15) is 0 Å². The van der Waals surface area contributed by atoms with Crippen LogP contribution >= 0.6 is 0 Å². The Hall–Kier alpha value is -1.47. The highest BCUT2D eigenvalue weighted by atomic mass is 16.3. The Kier molecular flexibility index (Phi) is 3.24. The molecule has 1 amide bonds. The number of hydrogen-bond acceptors (Lipinski definition) is 5. The Morgan fingerprint density at radius 2 is 2.26 bits per heavy atom. The Morgan fingerprint density at radius 3 is 2.84 bits per heavy atom. The molecule has 104 valence electrons. The summed E-state index contributed by atoms with van der Waals surface area (Å²) in [5, 5.41) is 23.5. The molecule has 0 bridgehead atoms. The smallest absolute Gasteiger partial charge is 0.273 e. The van der Waals surface area contributed by atoms with Crippen LogP contribution in [0.1, 0.15) is 42.2 Å². The second-order valence-electron chi connectivity index (χ2n) is 5.50. The number of aromatic nitrogens is 3. The molecule has 1 saturated carbocycles. The first-order valence-corrected chi connectivity index (χ1v) is 6.78. The number of rotatable bonds is 4. The highest BCUT2D eigenvalue weighted by molar-refractivity contribution is 5.92.